The molecule has 1 saturated heterocycles. The Labute approximate surface area is 170 Å². The number of rotatable bonds is 5. The summed E-state index contributed by atoms with van der Waals surface area (Å²) in [5, 5.41) is 16.6. The summed E-state index contributed by atoms with van der Waals surface area (Å²) in [6.07, 6.45) is 5.36. The molecule has 146 valence electrons. The predicted molar refractivity (Wildman–Crippen MR) is 109 cm³/mol. The largest absolute Gasteiger partial charge is 0.379 e. The second-order valence-corrected chi connectivity index (χ2v) is 7.32. The summed E-state index contributed by atoms with van der Waals surface area (Å²) in [6, 6.07) is 9.09. The molecule has 0 radical (unpaired) electrons. The summed E-state index contributed by atoms with van der Waals surface area (Å²) in [5.41, 5.74) is 2.95. The van der Waals surface area contributed by atoms with Crippen LogP contribution < -0.4 is 21.3 Å². The van der Waals surface area contributed by atoms with E-state index in [1.807, 2.05) is 18.2 Å². The fraction of sp³-hybridized carbons (Fsp3) is 0.158. The number of urea groups is 1. The van der Waals surface area contributed by atoms with Gasteiger partial charge < -0.3 is 16.0 Å². The summed E-state index contributed by atoms with van der Waals surface area (Å²) in [4.78, 5) is 27.7. The molecule has 0 atom stereocenters. The number of imide groups is 1. The molecule has 5 rings (SSSR count). The van der Waals surface area contributed by atoms with Crippen LogP contribution in [0.3, 0.4) is 0 Å². The molecule has 0 spiro atoms. The molecule has 9 nitrogen and oxygen atoms in total. The zero-order valence-electron chi connectivity index (χ0n) is 15.1. The molecule has 2 aromatic heterocycles. The number of aromatic nitrogens is 3. The minimum Gasteiger partial charge on any atom is -0.379 e. The molecule has 3 heterocycles. The Balaban J connectivity index is 1.57. The summed E-state index contributed by atoms with van der Waals surface area (Å²) >= 11 is 6.07. The van der Waals surface area contributed by atoms with E-state index < -0.39 is 11.9 Å². The van der Waals surface area contributed by atoms with E-state index in [1.165, 1.54) is 6.08 Å². The van der Waals surface area contributed by atoms with Crippen molar-refractivity contribution in [1.29, 1.82) is 0 Å². The number of imidazole rings is 1. The Morgan fingerprint density at radius 1 is 1.21 bits per heavy atom. The van der Waals surface area contributed by atoms with Crippen LogP contribution in [0.1, 0.15) is 18.5 Å². The predicted octanol–water partition coefficient (Wildman–Crippen LogP) is 2.88. The lowest BCUT2D eigenvalue weighted by atomic mass is 10.3. The number of benzene rings is 1. The number of fused-ring (bicyclic) bond motifs is 1. The number of anilines is 3. The molecule has 3 aromatic rings. The van der Waals surface area contributed by atoms with Gasteiger partial charge in [-0.2, -0.15) is 0 Å². The van der Waals surface area contributed by atoms with Gasteiger partial charge in [0.05, 0.1) is 17.6 Å². The summed E-state index contributed by atoms with van der Waals surface area (Å²) in [6.45, 7) is 0. The molecule has 1 aliphatic carbocycles. The van der Waals surface area contributed by atoms with Gasteiger partial charge in [-0.3, -0.25) is 10.1 Å². The SMILES string of the molecule is O=C1NC(=O)C(=Cc2cnc3c(NC4CC4)cc(Nc4cccc(Cl)c4)nn23)N1. The second-order valence-electron chi connectivity index (χ2n) is 6.88. The third kappa shape index (κ3) is 3.59. The molecule has 2 aliphatic rings. The number of amides is 3. The lowest BCUT2D eigenvalue weighted by Gasteiger charge is -2.11. The number of carbonyl (C=O) groups is 2. The maximum atomic E-state index is 11.9. The Hall–Kier alpha value is -3.59. The fourth-order valence-corrected chi connectivity index (χ4v) is 3.23. The zero-order valence-corrected chi connectivity index (χ0v) is 15.8. The minimum absolute atomic E-state index is 0.142. The van der Waals surface area contributed by atoms with Crippen molar-refractivity contribution in [2.45, 2.75) is 18.9 Å². The third-order valence-corrected chi connectivity index (χ3v) is 4.78. The van der Waals surface area contributed by atoms with Crippen LogP contribution in [0.5, 0.6) is 0 Å². The van der Waals surface area contributed by atoms with Gasteiger partial charge in [0.25, 0.3) is 5.91 Å². The standard InChI is InChI=1S/C19H16ClN7O2/c20-10-2-1-3-12(6-10)23-16-8-14(22-11-4-5-11)17-21-9-13(27(17)26-16)7-15-18(28)25-19(29)24-15/h1-3,6-9,11,22H,4-5H2,(H,23,26)(H2,24,25,28,29). The van der Waals surface area contributed by atoms with Gasteiger partial charge in [0.1, 0.15) is 5.70 Å². The van der Waals surface area contributed by atoms with Crippen LogP contribution in [-0.2, 0) is 4.79 Å². The molecular formula is C19H16ClN7O2. The molecule has 1 aliphatic heterocycles. The van der Waals surface area contributed by atoms with E-state index in [4.69, 9.17) is 11.6 Å². The molecular weight excluding hydrogens is 394 g/mol. The monoisotopic (exact) mass is 409 g/mol. The molecule has 10 heteroatoms. The molecule has 29 heavy (non-hydrogen) atoms. The van der Waals surface area contributed by atoms with Gasteiger partial charge in [-0.05, 0) is 37.1 Å². The van der Waals surface area contributed by atoms with Crippen molar-refractivity contribution in [2.24, 2.45) is 0 Å². The van der Waals surface area contributed by atoms with Gasteiger partial charge in [0.15, 0.2) is 11.5 Å². The topological polar surface area (TPSA) is 112 Å². The number of nitrogens with one attached hydrogen (secondary N) is 4. The molecule has 0 unspecified atom stereocenters. The van der Waals surface area contributed by atoms with Crippen molar-refractivity contribution < 1.29 is 9.59 Å². The Kier molecular flexibility index (Phi) is 4.09. The molecule has 4 N–H and O–H groups in total. The van der Waals surface area contributed by atoms with E-state index in [0.29, 0.717) is 28.2 Å². The third-order valence-electron chi connectivity index (χ3n) is 4.54. The summed E-state index contributed by atoms with van der Waals surface area (Å²) in [5.74, 6) is 0.0926. The van der Waals surface area contributed by atoms with E-state index in [9.17, 15) is 9.59 Å². The zero-order chi connectivity index (χ0) is 20.0. The number of halogens is 1. The highest BCUT2D eigenvalue weighted by Crippen LogP contribution is 2.30. The van der Waals surface area contributed by atoms with Gasteiger partial charge in [0.2, 0.25) is 0 Å². The Morgan fingerprint density at radius 3 is 2.79 bits per heavy atom. The van der Waals surface area contributed by atoms with Crippen LogP contribution in [-0.4, -0.2) is 32.6 Å². The van der Waals surface area contributed by atoms with Crippen LogP contribution in [0.4, 0.5) is 22.0 Å². The van der Waals surface area contributed by atoms with Crippen molar-refractivity contribution in [3.8, 4) is 0 Å². The van der Waals surface area contributed by atoms with Crippen LogP contribution in [0.2, 0.25) is 5.02 Å². The quantitative estimate of drug-likeness (QED) is 0.381. The summed E-state index contributed by atoms with van der Waals surface area (Å²) < 4.78 is 1.63. The van der Waals surface area contributed by atoms with Crippen molar-refractivity contribution in [3.05, 3.63) is 52.9 Å². The maximum absolute atomic E-state index is 11.9. The normalized spacial score (nSPS) is 17.5. The van der Waals surface area contributed by atoms with Crippen molar-refractivity contribution in [2.75, 3.05) is 10.6 Å². The number of hydrogen-bond acceptors (Lipinski definition) is 6. The lowest BCUT2D eigenvalue weighted by molar-refractivity contribution is -0.115. The van der Waals surface area contributed by atoms with Crippen LogP contribution in [0, 0.1) is 0 Å². The van der Waals surface area contributed by atoms with Crippen molar-refractivity contribution in [1.82, 2.24) is 25.2 Å². The highest BCUT2D eigenvalue weighted by atomic mass is 35.5. The first kappa shape index (κ1) is 17.5. The molecule has 0 bridgehead atoms. The van der Waals surface area contributed by atoms with Gasteiger partial charge in [0, 0.05) is 22.8 Å². The van der Waals surface area contributed by atoms with Gasteiger partial charge in [-0.25, -0.2) is 14.3 Å². The minimum atomic E-state index is -0.553. The highest BCUT2D eigenvalue weighted by molar-refractivity contribution is 6.30. The molecule has 3 amide bonds. The first-order valence-corrected chi connectivity index (χ1v) is 9.45. The van der Waals surface area contributed by atoms with Crippen LogP contribution >= 0.6 is 11.6 Å². The molecule has 2 fully saturated rings. The molecule has 1 aromatic carbocycles. The summed E-state index contributed by atoms with van der Waals surface area (Å²) in [7, 11) is 0. The Bertz CT molecular complexity index is 1180. The smallest absolute Gasteiger partial charge is 0.326 e. The van der Waals surface area contributed by atoms with Crippen LogP contribution in [0.25, 0.3) is 11.7 Å². The second kappa shape index (κ2) is 6.78. The average molecular weight is 410 g/mol. The van der Waals surface area contributed by atoms with E-state index in [-0.39, 0.29) is 5.70 Å². The molecule has 1 saturated carbocycles. The number of nitrogens with zero attached hydrogens (tertiary/aromatic N) is 3. The van der Waals surface area contributed by atoms with Crippen molar-refractivity contribution in [3.63, 3.8) is 0 Å². The Morgan fingerprint density at radius 2 is 2.07 bits per heavy atom. The first-order valence-electron chi connectivity index (χ1n) is 9.07. The van der Waals surface area contributed by atoms with Crippen molar-refractivity contribution >= 4 is 52.5 Å². The van der Waals surface area contributed by atoms with E-state index >= 15 is 0 Å². The van der Waals surface area contributed by atoms with Crippen LogP contribution in [0.15, 0.2) is 42.2 Å². The number of hydrogen-bond donors (Lipinski definition) is 4. The first-order chi connectivity index (χ1) is 14.0. The highest BCUT2D eigenvalue weighted by Gasteiger charge is 2.25. The van der Waals surface area contributed by atoms with Gasteiger partial charge >= 0.3 is 6.03 Å². The van der Waals surface area contributed by atoms with Gasteiger partial charge in [-0.1, -0.05) is 17.7 Å². The van der Waals surface area contributed by atoms with E-state index in [0.717, 1.165) is 24.2 Å². The average Bonchev–Trinajstić information content (AvgIpc) is 3.31. The maximum Gasteiger partial charge on any atom is 0.326 e. The number of carbonyl (C=O) groups excluding carboxylic acids is 2. The van der Waals surface area contributed by atoms with E-state index in [2.05, 4.69) is 31.3 Å². The lowest BCUT2D eigenvalue weighted by Crippen LogP contribution is -2.22. The van der Waals surface area contributed by atoms with E-state index in [1.54, 1.807) is 22.8 Å². The van der Waals surface area contributed by atoms with Gasteiger partial charge in [-0.15, -0.1) is 5.10 Å². The fourth-order valence-electron chi connectivity index (χ4n) is 3.04.